The minimum atomic E-state index is -0.0976. The van der Waals surface area contributed by atoms with E-state index in [2.05, 4.69) is 4.98 Å². The SMILES string of the molecule is COc1ccc(COc2ncccc2[C@@H](C)N)cc1. The number of nitrogens with two attached hydrogens (primary N) is 1. The van der Waals surface area contributed by atoms with E-state index in [0.717, 1.165) is 16.9 Å². The minimum absolute atomic E-state index is 0.0976. The molecule has 0 saturated heterocycles. The van der Waals surface area contributed by atoms with Gasteiger partial charge in [-0.25, -0.2) is 4.98 Å². The molecule has 0 spiro atoms. The molecule has 1 aromatic heterocycles. The van der Waals surface area contributed by atoms with Crippen molar-refractivity contribution in [1.29, 1.82) is 0 Å². The predicted molar refractivity (Wildman–Crippen MR) is 74.2 cm³/mol. The molecule has 4 nitrogen and oxygen atoms in total. The van der Waals surface area contributed by atoms with Gasteiger partial charge in [0.15, 0.2) is 0 Å². The summed E-state index contributed by atoms with van der Waals surface area (Å²) in [5, 5.41) is 0. The number of hydrogen-bond donors (Lipinski definition) is 1. The summed E-state index contributed by atoms with van der Waals surface area (Å²) in [6, 6.07) is 11.4. The van der Waals surface area contributed by atoms with Crippen LogP contribution in [-0.4, -0.2) is 12.1 Å². The predicted octanol–water partition coefficient (Wildman–Crippen LogP) is 2.69. The lowest BCUT2D eigenvalue weighted by molar-refractivity contribution is 0.288. The fourth-order valence-electron chi connectivity index (χ4n) is 1.74. The van der Waals surface area contributed by atoms with E-state index < -0.39 is 0 Å². The van der Waals surface area contributed by atoms with Gasteiger partial charge in [0.2, 0.25) is 5.88 Å². The Kier molecular flexibility index (Phi) is 4.36. The monoisotopic (exact) mass is 258 g/mol. The first-order chi connectivity index (χ1) is 9.20. The second kappa shape index (κ2) is 6.20. The molecule has 0 aliphatic rings. The van der Waals surface area contributed by atoms with Crippen LogP contribution in [0.3, 0.4) is 0 Å². The molecule has 1 aromatic carbocycles. The van der Waals surface area contributed by atoms with Gasteiger partial charge < -0.3 is 15.2 Å². The van der Waals surface area contributed by atoms with Gasteiger partial charge >= 0.3 is 0 Å². The normalized spacial score (nSPS) is 11.9. The summed E-state index contributed by atoms with van der Waals surface area (Å²) in [4.78, 5) is 4.22. The third-order valence-electron chi connectivity index (χ3n) is 2.83. The number of aromatic nitrogens is 1. The van der Waals surface area contributed by atoms with Crippen molar-refractivity contribution >= 4 is 0 Å². The lowest BCUT2D eigenvalue weighted by atomic mass is 10.1. The molecule has 1 heterocycles. The lowest BCUT2D eigenvalue weighted by Crippen LogP contribution is -2.09. The molecule has 0 unspecified atom stereocenters. The van der Waals surface area contributed by atoms with Crippen LogP contribution in [0, 0.1) is 0 Å². The summed E-state index contributed by atoms with van der Waals surface area (Å²) < 4.78 is 10.8. The Hall–Kier alpha value is -2.07. The van der Waals surface area contributed by atoms with Crippen LogP contribution in [0.25, 0.3) is 0 Å². The fourth-order valence-corrected chi connectivity index (χ4v) is 1.74. The highest BCUT2D eigenvalue weighted by Gasteiger charge is 2.08. The third-order valence-corrected chi connectivity index (χ3v) is 2.83. The molecule has 1 atom stereocenters. The minimum Gasteiger partial charge on any atom is -0.497 e. The van der Waals surface area contributed by atoms with Crippen LogP contribution >= 0.6 is 0 Å². The molecular weight excluding hydrogens is 240 g/mol. The van der Waals surface area contributed by atoms with Gasteiger partial charge in [0.05, 0.1) is 7.11 Å². The molecular formula is C15H18N2O2. The first-order valence-corrected chi connectivity index (χ1v) is 6.17. The van der Waals surface area contributed by atoms with Crippen LogP contribution in [-0.2, 0) is 6.61 Å². The summed E-state index contributed by atoms with van der Waals surface area (Å²) in [6.45, 7) is 2.37. The average molecular weight is 258 g/mol. The molecule has 0 bridgehead atoms. The third kappa shape index (κ3) is 3.45. The van der Waals surface area contributed by atoms with Crippen LogP contribution in [0.1, 0.15) is 24.1 Å². The van der Waals surface area contributed by atoms with E-state index in [1.54, 1.807) is 13.3 Å². The highest BCUT2D eigenvalue weighted by atomic mass is 16.5. The number of methoxy groups -OCH3 is 1. The smallest absolute Gasteiger partial charge is 0.218 e. The molecule has 4 heteroatoms. The van der Waals surface area contributed by atoms with Crippen LogP contribution < -0.4 is 15.2 Å². The quantitative estimate of drug-likeness (QED) is 0.895. The molecule has 0 radical (unpaired) electrons. The Morgan fingerprint density at radius 1 is 1.21 bits per heavy atom. The van der Waals surface area contributed by atoms with Crippen LogP contribution in [0.4, 0.5) is 0 Å². The van der Waals surface area contributed by atoms with Gasteiger partial charge in [-0.15, -0.1) is 0 Å². The summed E-state index contributed by atoms with van der Waals surface area (Å²) in [5.41, 5.74) is 7.86. The van der Waals surface area contributed by atoms with Gasteiger partial charge in [-0.1, -0.05) is 18.2 Å². The molecule has 0 fully saturated rings. The maximum absolute atomic E-state index is 5.88. The molecule has 0 saturated carbocycles. The van der Waals surface area contributed by atoms with Crippen LogP contribution in [0.2, 0.25) is 0 Å². The lowest BCUT2D eigenvalue weighted by Gasteiger charge is -2.12. The zero-order valence-electron chi connectivity index (χ0n) is 11.2. The van der Waals surface area contributed by atoms with Gasteiger partial charge in [0.25, 0.3) is 0 Å². The molecule has 2 N–H and O–H groups in total. The Labute approximate surface area is 113 Å². The number of hydrogen-bond acceptors (Lipinski definition) is 4. The maximum atomic E-state index is 5.88. The molecule has 2 aromatic rings. The molecule has 100 valence electrons. The molecule has 19 heavy (non-hydrogen) atoms. The fraction of sp³-hybridized carbons (Fsp3) is 0.267. The van der Waals surface area contributed by atoms with E-state index in [9.17, 15) is 0 Å². The van der Waals surface area contributed by atoms with E-state index in [-0.39, 0.29) is 6.04 Å². The molecule has 2 rings (SSSR count). The van der Waals surface area contributed by atoms with E-state index in [4.69, 9.17) is 15.2 Å². The second-order valence-corrected chi connectivity index (χ2v) is 4.32. The number of nitrogens with zero attached hydrogens (tertiary/aromatic N) is 1. The summed E-state index contributed by atoms with van der Waals surface area (Å²) in [5.74, 6) is 1.42. The van der Waals surface area contributed by atoms with Gasteiger partial charge in [0.1, 0.15) is 12.4 Å². The zero-order valence-corrected chi connectivity index (χ0v) is 11.2. The van der Waals surface area contributed by atoms with Crippen molar-refractivity contribution < 1.29 is 9.47 Å². The summed E-state index contributed by atoms with van der Waals surface area (Å²) in [7, 11) is 1.65. The van der Waals surface area contributed by atoms with Crippen LogP contribution in [0.5, 0.6) is 11.6 Å². The van der Waals surface area contributed by atoms with Crippen molar-refractivity contribution in [3.05, 3.63) is 53.7 Å². The molecule has 0 aliphatic heterocycles. The van der Waals surface area contributed by atoms with Crippen molar-refractivity contribution in [2.24, 2.45) is 5.73 Å². The van der Waals surface area contributed by atoms with Crippen LogP contribution in [0.15, 0.2) is 42.6 Å². The highest BCUT2D eigenvalue weighted by Crippen LogP contribution is 2.21. The first kappa shape index (κ1) is 13.4. The average Bonchev–Trinajstić information content (AvgIpc) is 2.46. The molecule has 0 aliphatic carbocycles. The topological polar surface area (TPSA) is 57.4 Å². The highest BCUT2D eigenvalue weighted by molar-refractivity contribution is 5.30. The molecule has 0 amide bonds. The standard InChI is InChI=1S/C15H18N2O2/c1-11(16)14-4-3-9-17-15(14)19-10-12-5-7-13(18-2)8-6-12/h3-9,11H,10,16H2,1-2H3/t11-/m1/s1. The number of ether oxygens (including phenoxy) is 2. The van der Waals surface area contributed by atoms with Crippen molar-refractivity contribution in [1.82, 2.24) is 4.98 Å². The van der Waals surface area contributed by atoms with Crippen molar-refractivity contribution in [3.8, 4) is 11.6 Å². The van der Waals surface area contributed by atoms with E-state index in [0.29, 0.717) is 12.5 Å². The van der Waals surface area contributed by atoms with Gasteiger partial charge in [-0.2, -0.15) is 0 Å². The number of rotatable bonds is 5. The first-order valence-electron chi connectivity index (χ1n) is 6.17. The second-order valence-electron chi connectivity index (χ2n) is 4.32. The summed E-state index contributed by atoms with van der Waals surface area (Å²) >= 11 is 0. The Morgan fingerprint density at radius 2 is 1.95 bits per heavy atom. The largest absolute Gasteiger partial charge is 0.497 e. The van der Waals surface area contributed by atoms with Gasteiger partial charge in [0, 0.05) is 17.8 Å². The van der Waals surface area contributed by atoms with E-state index >= 15 is 0 Å². The Balaban J connectivity index is 2.05. The van der Waals surface area contributed by atoms with E-state index in [1.165, 1.54) is 0 Å². The number of benzene rings is 1. The van der Waals surface area contributed by atoms with Gasteiger partial charge in [-0.3, -0.25) is 0 Å². The van der Waals surface area contributed by atoms with Gasteiger partial charge in [-0.05, 0) is 30.7 Å². The summed E-state index contributed by atoms with van der Waals surface area (Å²) in [6.07, 6.45) is 1.70. The van der Waals surface area contributed by atoms with Crippen molar-refractivity contribution in [2.75, 3.05) is 7.11 Å². The van der Waals surface area contributed by atoms with Crippen molar-refractivity contribution in [2.45, 2.75) is 19.6 Å². The Bertz CT molecular complexity index is 524. The Morgan fingerprint density at radius 3 is 2.58 bits per heavy atom. The zero-order chi connectivity index (χ0) is 13.7. The van der Waals surface area contributed by atoms with Crippen molar-refractivity contribution in [3.63, 3.8) is 0 Å². The maximum Gasteiger partial charge on any atom is 0.218 e. The number of pyridine rings is 1. The van der Waals surface area contributed by atoms with E-state index in [1.807, 2.05) is 43.3 Å².